The Bertz CT molecular complexity index is 1170. The van der Waals surface area contributed by atoms with E-state index in [1.165, 1.54) is 6.20 Å². The number of amides is 1. The zero-order valence-corrected chi connectivity index (χ0v) is 19.7. The van der Waals surface area contributed by atoms with E-state index in [0.29, 0.717) is 22.9 Å². The second-order valence-electron chi connectivity index (χ2n) is 8.34. The number of anilines is 2. The minimum absolute atomic E-state index is 0.0237. The number of esters is 1. The van der Waals surface area contributed by atoms with E-state index in [9.17, 15) is 9.59 Å². The molecule has 0 spiro atoms. The fraction of sp³-hybridized carbons (Fsp3) is 0.308. The first-order valence-electron chi connectivity index (χ1n) is 11.4. The number of ether oxygens (including phenoxy) is 1. The molecule has 1 amide bonds. The summed E-state index contributed by atoms with van der Waals surface area (Å²) in [5, 5.41) is 3.20. The molecule has 34 heavy (non-hydrogen) atoms. The summed E-state index contributed by atoms with van der Waals surface area (Å²) in [6, 6.07) is 15.1. The maximum absolute atomic E-state index is 12.8. The van der Waals surface area contributed by atoms with Crippen LogP contribution in [0.2, 0.25) is 0 Å². The van der Waals surface area contributed by atoms with Crippen LogP contribution in [0.25, 0.3) is 11.4 Å². The number of carbonyl (C=O) groups is 2. The molecule has 0 saturated carbocycles. The molecule has 2 aromatic carbocycles. The van der Waals surface area contributed by atoms with Crippen molar-refractivity contribution in [3.05, 3.63) is 71.4 Å². The molecule has 0 radical (unpaired) electrons. The van der Waals surface area contributed by atoms with Gasteiger partial charge in [0.2, 0.25) is 0 Å². The smallest absolute Gasteiger partial charge is 0.343 e. The van der Waals surface area contributed by atoms with Crippen molar-refractivity contribution in [1.82, 2.24) is 19.8 Å². The molecule has 176 valence electrons. The Morgan fingerprint density at radius 3 is 2.47 bits per heavy atom. The van der Waals surface area contributed by atoms with Crippen LogP contribution < -0.4 is 5.32 Å². The molecule has 4 rings (SSSR count). The number of hydrogen-bond donors (Lipinski definition) is 1. The van der Waals surface area contributed by atoms with Gasteiger partial charge >= 0.3 is 5.97 Å². The number of rotatable bonds is 6. The predicted octanol–water partition coefficient (Wildman–Crippen LogP) is 3.76. The van der Waals surface area contributed by atoms with Crippen LogP contribution in [-0.2, 0) is 4.74 Å². The summed E-state index contributed by atoms with van der Waals surface area (Å²) in [7, 11) is 2.06. The first kappa shape index (κ1) is 23.4. The number of piperazine rings is 1. The normalized spacial score (nSPS) is 14.0. The van der Waals surface area contributed by atoms with E-state index in [1.807, 2.05) is 48.2 Å². The van der Waals surface area contributed by atoms with Crippen LogP contribution in [0.1, 0.15) is 33.2 Å². The summed E-state index contributed by atoms with van der Waals surface area (Å²) in [4.78, 5) is 38.4. The van der Waals surface area contributed by atoms with Gasteiger partial charge in [-0.1, -0.05) is 23.8 Å². The van der Waals surface area contributed by atoms with Crippen molar-refractivity contribution >= 4 is 23.4 Å². The number of hydrogen-bond acceptors (Lipinski definition) is 7. The van der Waals surface area contributed by atoms with Gasteiger partial charge in [0.1, 0.15) is 11.4 Å². The van der Waals surface area contributed by atoms with Crippen LogP contribution in [0.4, 0.5) is 11.5 Å². The zero-order valence-electron chi connectivity index (χ0n) is 19.7. The molecule has 0 unspecified atom stereocenters. The van der Waals surface area contributed by atoms with E-state index in [2.05, 4.69) is 27.2 Å². The minimum Gasteiger partial charge on any atom is -0.462 e. The Morgan fingerprint density at radius 1 is 1.06 bits per heavy atom. The average molecular weight is 460 g/mol. The van der Waals surface area contributed by atoms with E-state index in [-0.39, 0.29) is 18.1 Å². The molecule has 0 atom stereocenters. The van der Waals surface area contributed by atoms with Crippen LogP contribution in [0, 0.1) is 6.92 Å². The van der Waals surface area contributed by atoms with Crippen LogP contribution in [-0.4, -0.2) is 71.5 Å². The number of nitrogens with zero attached hydrogens (tertiary/aromatic N) is 4. The molecular weight excluding hydrogens is 430 g/mol. The van der Waals surface area contributed by atoms with Crippen molar-refractivity contribution in [2.75, 3.05) is 45.2 Å². The lowest BCUT2D eigenvalue weighted by molar-refractivity contribution is 0.0526. The average Bonchev–Trinajstić information content (AvgIpc) is 2.85. The van der Waals surface area contributed by atoms with Crippen LogP contribution in [0.15, 0.2) is 54.7 Å². The SMILES string of the molecule is CCOC(=O)c1cnc(-c2cccc(C)c2)nc1Nc1ccc(C(=O)N2CCN(C)CC2)cc1. The summed E-state index contributed by atoms with van der Waals surface area (Å²) in [5.41, 5.74) is 3.52. The van der Waals surface area contributed by atoms with Crippen molar-refractivity contribution in [3.8, 4) is 11.4 Å². The molecule has 8 heteroatoms. The van der Waals surface area contributed by atoms with Crippen LogP contribution in [0.5, 0.6) is 0 Å². The van der Waals surface area contributed by atoms with Crippen LogP contribution in [0.3, 0.4) is 0 Å². The molecule has 1 aliphatic heterocycles. The standard InChI is InChI=1S/C26H29N5O3/c1-4-34-26(33)22-17-27-23(20-7-5-6-18(2)16-20)29-24(22)28-21-10-8-19(9-11-21)25(32)31-14-12-30(3)13-15-31/h5-11,16-17H,4,12-15H2,1-3H3,(H,27,28,29). The van der Waals surface area contributed by atoms with Gasteiger partial charge in [0.25, 0.3) is 5.91 Å². The predicted molar refractivity (Wildman–Crippen MR) is 131 cm³/mol. The van der Waals surface area contributed by atoms with Gasteiger partial charge in [-0.05, 0) is 51.2 Å². The topological polar surface area (TPSA) is 87.7 Å². The van der Waals surface area contributed by atoms with Crippen molar-refractivity contribution < 1.29 is 14.3 Å². The highest BCUT2D eigenvalue weighted by molar-refractivity contribution is 5.96. The lowest BCUT2D eigenvalue weighted by Crippen LogP contribution is -2.47. The van der Waals surface area contributed by atoms with Crippen molar-refractivity contribution in [2.45, 2.75) is 13.8 Å². The number of benzene rings is 2. The summed E-state index contributed by atoms with van der Waals surface area (Å²) in [5.74, 6) is 0.377. The van der Waals surface area contributed by atoms with E-state index < -0.39 is 5.97 Å². The molecule has 2 heterocycles. The monoisotopic (exact) mass is 459 g/mol. The van der Waals surface area contributed by atoms with Gasteiger partial charge in [-0.25, -0.2) is 14.8 Å². The summed E-state index contributed by atoms with van der Waals surface area (Å²) >= 11 is 0. The first-order valence-corrected chi connectivity index (χ1v) is 11.4. The second kappa shape index (κ2) is 10.4. The molecular formula is C26H29N5O3. The Balaban J connectivity index is 1.58. The number of aryl methyl sites for hydroxylation is 1. The highest BCUT2D eigenvalue weighted by Gasteiger charge is 2.21. The van der Waals surface area contributed by atoms with Gasteiger partial charge in [-0.3, -0.25) is 4.79 Å². The van der Waals surface area contributed by atoms with Crippen molar-refractivity contribution in [3.63, 3.8) is 0 Å². The molecule has 1 fully saturated rings. The van der Waals surface area contributed by atoms with Crippen molar-refractivity contribution in [1.29, 1.82) is 0 Å². The highest BCUT2D eigenvalue weighted by Crippen LogP contribution is 2.24. The third-order valence-corrected chi connectivity index (χ3v) is 5.75. The number of aromatic nitrogens is 2. The number of nitrogens with one attached hydrogen (secondary N) is 1. The summed E-state index contributed by atoms with van der Waals surface area (Å²) in [6.07, 6.45) is 1.48. The van der Waals surface area contributed by atoms with Gasteiger partial charge < -0.3 is 19.9 Å². The third kappa shape index (κ3) is 5.40. The zero-order chi connectivity index (χ0) is 24.1. The summed E-state index contributed by atoms with van der Waals surface area (Å²) < 4.78 is 5.18. The fourth-order valence-electron chi connectivity index (χ4n) is 3.78. The largest absolute Gasteiger partial charge is 0.462 e. The van der Waals surface area contributed by atoms with Crippen LogP contribution >= 0.6 is 0 Å². The molecule has 1 aromatic heterocycles. The number of likely N-dealkylation sites (N-methyl/N-ethyl adjacent to an activating group) is 1. The maximum atomic E-state index is 12.8. The Kier molecular flexibility index (Phi) is 7.18. The van der Waals surface area contributed by atoms with E-state index in [4.69, 9.17) is 4.74 Å². The third-order valence-electron chi connectivity index (χ3n) is 5.75. The van der Waals surface area contributed by atoms with E-state index in [1.54, 1.807) is 19.1 Å². The minimum atomic E-state index is -0.498. The molecule has 1 aliphatic rings. The molecule has 8 nitrogen and oxygen atoms in total. The Labute approximate surface area is 199 Å². The first-order chi connectivity index (χ1) is 16.4. The Hall–Kier alpha value is -3.78. The second-order valence-corrected chi connectivity index (χ2v) is 8.34. The molecule has 1 N–H and O–H groups in total. The Morgan fingerprint density at radius 2 is 1.79 bits per heavy atom. The molecule has 0 aliphatic carbocycles. The van der Waals surface area contributed by atoms with Gasteiger partial charge in [-0.2, -0.15) is 0 Å². The molecule has 3 aromatic rings. The maximum Gasteiger partial charge on any atom is 0.343 e. The fourth-order valence-corrected chi connectivity index (χ4v) is 3.78. The lowest BCUT2D eigenvalue weighted by atomic mass is 10.1. The van der Waals surface area contributed by atoms with Crippen molar-refractivity contribution in [2.24, 2.45) is 0 Å². The molecule has 1 saturated heterocycles. The van der Waals surface area contributed by atoms with Gasteiger partial charge in [0.05, 0.1) is 6.61 Å². The number of carbonyl (C=O) groups excluding carboxylic acids is 2. The van der Waals surface area contributed by atoms with Gasteiger partial charge in [-0.15, -0.1) is 0 Å². The quantitative estimate of drug-likeness (QED) is 0.562. The van der Waals surface area contributed by atoms with E-state index in [0.717, 1.165) is 37.3 Å². The lowest BCUT2D eigenvalue weighted by Gasteiger charge is -2.32. The molecule has 0 bridgehead atoms. The summed E-state index contributed by atoms with van der Waals surface area (Å²) in [6.45, 7) is 7.20. The van der Waals surface area contributed by atoms with E-state index >= 15 is 0 Å². The van der Waals surface area contributed by atoms with Gasteiger partial charge in [0.15, 0.2) is 5.82 Å². The van der Waals surface area contributed by atoms with Gasteiger partial charge in [0, 0.05) is 49.2 Å². The highest BCUT2D eigenvalue weighted by atomic mass is 16.5.